The van der Waals surface area contributed by atoms with Crippen LogP contribution in [0.1, 0.15) is 0 Å². The number of rotatable bonds is 3. The summed E-state index contributed by atoms with van der Waals surface area (Å²) in [7, 11) is -3.26. The minimum absolute atomic E-state index is 0.222. The molecule has 1 heterocycles. The average molecular weight is 315 g/mol. The summed E-state index contributed by atoms with van der Waals surface area (Å²) in [5.74, 6) is 0.470. The number of sulfone groups is 1. The first-order valence-electron chi connectivity index (χ1n) is 6.50. The van der Waals surface area contributed by atoms with Crippen LogP contribution in [0.25, 0.3) is 17.1 Å². The number of aromatic amines is 1. The van der Waals surface area contributed by atoms with Crippen LogP contribution in [0, 0.1) is 0 Å². The maximum absolute atomic E-state index is 11.6. The second-order valence-electron chi connectivity index (χ2n) is 4.82. The predicted octanol–water partition coefficient (Wildman–Crippen LogP) is 1.63. The van der Waals surface area contributed by atoms with Crippen molar-refractivity contribution in [2.24, 2.45) is 0 Å². The predicted molar refractivity (Wildman–Crippen MR) is 82.7 cm³/mol. The molecule has 0 bridgehead atoms. The van der Waals surface area contributed by atoms with E-state index < -0.39 is 15.5 Å². The Hall–Kier alpha value is -2.67. The first-order chi connectivity index (χ1) is 10.4. The normalized spacial score (nSPS) is 11.5. The summed E-state index contributed by atoms with van der Waals surface area (Å²) in [6, 6.07) is 15.5. The first kappa shape index (κ1) is 14.3. The van der Waals surface area contributed by atoms with Gasteiger partial charge in [-0.1, -0.05) is 30.3 Å². The molecule has 1 aromatic heterocycles. The molecule has 2 aromatic carbocycles. The van der Waals surface area contributed by atoms with Crippen LogP contribution in [0.4, 0.5) is 0 Å². The molecule has 22 heavy (non-hydrogen) atoms. The second kappa shape index (κ2) is 5.27. The summed E-state index contributed by atoms with van der Waals surface area (Å²) in [4.78, 5) is 15.8. The Bertz CT molecular complexity index is 955. The number of nitrogens with zero attached hydrogens (tertiary/aromatic N) is 2. The van der Waals surface area contributed by atoms with Gasteiger partial charge in [-0.3, -0.25) is 0 Å². The van der Waals surface area contributed by atoms with E-state index in [-0.39, 0.29) is 4.90 Å². The van der Waals surface area contributed by atoms with E-state index in [1.54, 1.807) is 12.1 Å². The summed E-state index contributed by atoms with van der Waals surface area (Å²) in [5, 5.41) is 2.62. The van der Waals surface area contributed by atoms with E-state index in [0.717, 1.165) is 11.8 Å². The summed E-state index contributed by atoms with van der Waals surface area (Å²) < 4.78 is 24.5. The summed E-state index contributed by atoms with van der Waals surface area (Å²) in [6.07, 6.45) is 1.15. The van der Waals surface area contributed by atoms with Crippen molar-refractivity contribution in [2.75, 3.05) is 6.26 Å². The molecule has 3 rings (SSSR count). The molecular weight excluding hydrogens is 302 g/mol. The van der Waals surface area contributed by atoms with Gasteiger partial charge in [0.1, 0.15) is 0 Å². The zero-order chi connectivity index (χ0) is 15.7. The van der Waals surface area contributed by atoms with Crippen molar-refractivity contribution in [1.29, 1.82) is 0 Å². The highest BCUT2D eigenvalue weighted by Gasteiger charge is 2.12. The molecule has 0 aliphatic rings. The van der Waals surface area contributed by atoms with Gasteiger partial charge in [0.2, 0.25) is 0 Å². The maximum atomic E-state index is 11.6. The third-order valence-electron chi connectivity index (χ3n) is 3.18. The zero-order valence-corrected chi connectivity index (χ0v) is 12.5. The third kappa shape index (κ3) is 2.71. The van der Waals surface area contributed by atoms with E-state index in [4.69, 9.17) is 0 Å². The first-order valence-corrected chi connectivity index (χ1v) is 8.39. The molecule has 3 aromatic rings. The van der Waals surface area contributed by atoms with Gasteiger partial charge in [0.15, 0.2) is 15.7 Å². The SMILES string of the molecule is CS(=O)(=O)c1ccc(-n2[nH]c(=O)nc2-c2ccccc2)cc1. The van der Waals surface area contributed by atoms with Gasteiger partial charge in [0.05, 0.1) is 10.6 Å². The molecule has 112 valence electrons. The molecule has 0 unspecified atom stereocenters. The van der Waals surface area contributed by atoms with E-state index in [2.05, 4.69) is 10.1 Å². The molecule has 0 amide bonds. The number of nitrogens with one attached hydrogen (secondary N) is 1. The van der Waals surface area contributed by atoms with Crippen LogP contribution in [-0.2, 0) is 9.84 Å². The van der Waals surface area contributed by atoms with Crippen molar-refractivity contribution in [3.8, 4) is 17.1 Å². The fourth-order valence-electron chi connectivity index (χ4n) is 2.13. The molecule has 0 aliphatic heterocycles. The molecule has 7 heteroatoms. The molecule has 0 atom stereocenters. The molecule has 0 saturated carbocycles. The number of H-pyrrole nitrogens is 1. The Balaban J connectivity index is 2.12. The van der Waals surface area contributed by atoms with Crippen LogP contribution < -0.4 is 5.69 Å². The fourth-order valence-corrected chi connectivity index (χ4v) is 2.76. The standard InChI is InChI=1S/C15H13N3O3S/c1-22(20,21)13-9-7-12(8-10-13)18-14(16-15(19)17-18)11-5-3-2-4-6-11/h2-10H,1H3,(H,17,19). The third-order valence-corrected chi connectivity index (χ3v) is 4.31. The number of benzene rings is 2. The van der Waals surface area contributed by atoms with Crippen LogP contribution in [-0.4, -0.2) is 29.4 Å². The number of hydrogen-bond donors (Lipinski definition) is 1. The monoisotopic (exact) mass is 315 g/mol. The summed E-state index contributed by atoms with van der Waals surface area (Å²) in [5.41, 5.74) is 0.944. The summed E-state index contributed by atoms with van der Waals surface area (Å²) in [6.45, 7) is 0. The van der Waals surface area contributed by atoms with Crippen molar-refractivity contribution >= 4 is 9.84 Å². The fraction of sp³-hybridized carbons (Fsp3) is 0.0667. The van der Waals surface area contributed by atoms with Crippen LogP contribution in [0.5, 0.6) is 0 Å². The van der Waals surface area contributed by atoms with Gasteiger partial charge in [-0.2, -0.15) is 4.98 Å². The number of hydrogen-bond acceptors (Lipinski definition) is 4. The van der Waals surface area contributed by atoms with Crippen molar-refractivity contribution in [2.45, 2.75) is 4.90 Å². The Morgan fingerprint density at radius 2 is 1.64 bits per heavy atom. The molecule has 1 N–H and O–H groups in total. The van der Waals surface area contributed by atoms with Gasteiger partial charge >= 0.3 is 5.69 Å². The van der Waals surface area contributed by atoms with E-state index in [1.165, 1.54) is 16.8 Å². The Morgan fingerprint density at radius 1 is 1.00 bits per heavy atom. The molecule has 0 aliphatic carbocycles. The molecule has 0 radical (unpaired) electrons. The average Bonchev–Trinajstić information content (AvgIpc) is 2.89. The van der Waals surface area contributed by atoms with Gasteiger partial charge < -0.3 is 0 Å². The molecule has 0 saturated heterocycles. The van der Waals surface area contributed by atoms with Crippen molar-refractivity contribution < 1.29 is 8.42 Å². The molecule has 6 nitrogen and oxygen atoms in total. The largest absolute Gasteiger partial charge is 0.362 e. The van der Waals surface area contributed by atoms with E-state index in [0.29, 0.717) is 11.5 Å². The van der Waals surface area contributed by atoms with Crippen LogP contribution in [0.2, 0.25) is 0 Å². The van der Waals surface area contributed by atoms with E-state index in [9.17, 15) is 13.2 Å². The Labute approximate surface area is 127 Å². The maximum Gasteiger partial charge on any atom is 0.362 e. The number of aromatic nitrogens is 3. The van der Waals surface area contributed by atoms with Gasteiger partial charge in [-0.15, -0.1) is 0 Å². The topological polar surface area (TPSA) is 84.8 Å². The van der Waals surface area contributed by atoms with E-state index >= 15 is 0 Å². The minimum Gasteiger partial charge on any atom is -0.244 e. The summed E-state index contributed by atoms with van der Waals surface area (Å²) >= 11 is 0. The van der Waals surface area contributed by atoms with Gasteiger partial charge in [-0.05, 0) is 24.3 Å². The molecule has 0 spiro atoms. The smallest absolute Gasteiger partial charge is 0.244 e. The van der Waals surface area contributed by atoms with Crippen molar-refractivity contribution in [3.05, 3.63) is 65.1 Å². The lowest BCUT2D eigenvalue weighted by atomic mass is 10.2. The highest BCUT2D eigenvalue weighted by molar-refractivity contribution is 7.90. The lowest BCUT2D eigenvalue weighted by Gasteiger charge is -2.07. The second-order valence-corrected chi connectivity index (χ2v) is 6.84. The minimum atomic E-state index is -3.26. The van der Waals surface area contributed by atoms with Crippen LogP contribution in [0.15, 0.2) is 64.3 Å². The lowest BCUT2D eigenvalue weighted by molar-refractivity contribution is 0.602. The van der Waals surface area contributed by atoms with Crippen LogP contribution >= 0.6 is 0 Å². The van der Waals surface area contributed by atoms with Gasteiger partial charge in [-0.25, -0.2) is 23.0 Å². The van der Waals surface area contributed by atoms with Gasteiger partial charge in [0.25, 0.3) is 0 Å². The Kier molecular flexibility index (Phi) is 3.42. The molecule has 0 fully saturated rings. The van der Waals surface area contributed by atoms with E-state index in [1.807, 2.05) is 30.3 Å². The van der Waals surface area contributed by atoms with Gasteiger partial charge in [0, 0.05) is 11.8 Å². The highest BCUT2D eigenvalue weighted by Crippen LogP contribution is 2.19. The Morgan fingerprint density at radius 3 is 2.23 bits per heavy atom. The molecular formula is C15H13N3O3S. The van der Waals surface area contributed by atoms with Crippen molar-refractivity contribution in [3.63, 3.8) is 0 Å². The van der Waals surface area contributed by atoms with Crippen LogP contribution in [0.3, 0.4) is 0 Å². The highest BCUT2D eigenvalue weighted by atomic mass is 32.2. The quantitative estimate of drug-likeness (QED) is 0.796. The lowest BCUT2D eigenvalue weighted by Crippen LogP contribution is -2.05. The zero-order valence-electron chi connectivity index (χ0n) is 11.7. The van der Waals surface area contributed by atoms with Crippen molar-refractivity contribution in [1.82, 2.24) is 14.8 Å².